The first-order valence-electron chi connectivity index (χ1n) is 7.67. The van der Waals surface area contributed by atoms with Gasteiger partial charge in [-0.15, -0.1) is 0 Å². The van der Waals surface area contributed by atoms with Crippen LogP contribution in [0.4, 0.5) is 0 Å². The smallest absolute Gasteiger partial charge is 0.0651 e. The fraction of sp³-hybridized carbons (Fsp3) is 0.471. The highest BCUT2D eigenvalue weighted by Gasteiger charge is 2.22. The summed E-state index contributed by atoms with van der Waals surface area (Å²) in [7, 11) is 0. The fourth-order valence-corrected chi connectivity index (χ4v) is 3.16. The second kappa shape index (κ2) is 5.80. The van der Waals surface area contributed by atoms with Crippen molar-refractivity contribution in [1.82, 2.24) is 15.1 Å². The van der Waals surface area contributed by atoms with E-state index in [9.17, 15) is 0 Å². The van der Waals surface area contributed by atoms with Gasteiger partial charge in [-0.05, 0) is 50.4 Å². The van der Waals surface area contributed by atoms with Crippen LogP contribution in [0.2, 0.25) is 0 Å². The van der Waals surface area contributed by atoms with Crippen molar-refractivity contribution in [2.24, 2.45) is 0 Å². The molecule has 20 heavy (non-hydrogen) atoms. The zero-order valence-corrected chi connectivity index (χ0v) is 12.4. The molecule has 1 heterocycles. The van der Waals surface area contributed by atoms with Gasteiger partial charge in [-0.2, -0.15) is 5.10 Å². The van der Waals surface area contributed by atoms with Crippen LogP contribution >= 0.6 is 0 Å². The number of rotatable bonds is 3. The summed E-state index contributed by atoms with van der Waals surface area (Å²) >= 11 is 0. The molecule has 1 N–H and O–H groups in total. The van der Waals surface area contributed by atoms with Crippen LogP contribution in [0.5, 0.6) is 0 Å². The molecule has 1 aliphatic rings. The molecular formula is C17H23N3. The Kier molecular flexibility index (Phi) is 3.88. The van der Waals surface area contributed by atoms with E-state index in [4.69, 9.17) is 0 Å². The second-order valence-corrected chi connectivity index (χ2v) is 5.65. The van der Waals surface area contributed by atoms with Crippen LogP contribution in [0.3, 0.4) is 0 Å². The minimum absolute atomic E-state index is 0.469. The molecular weight excluding hydrogens is 246 g/mol. The maximum atomic E-state index is 4.66. The Bertz CT molecular complexity index is 586. The summed E-state index contributed by atoms with van der Waals surface area (Å²) in [6.07, 6.45) is 6.97. The van der Waals surface area contributed by atoms with E-state index < -0.39 is 0 Å². The average Bonchev–Trinajstić information content (AvgIpc) is 2.76. The molecule has 3 heteroatoms. The lowest BCUT2D eigenvalue weighted by Gasteiger charge is -2.15. The van der Waals surface area contributed by atoms with Crippen LogP contribution in [0.1, 0.15) is 49.0 Å². The molecule has 0 saturated carbocycles. The van der Waals surface area contributed by atoms with Gasteiger partial charge in [-0.1, -0.05) is 25.5 Å². The minimum atomic E-state index is 0.469. The molecule has 3 nitrogen and oxygen atoms in total. The van der Waals surface area contributed by atoms with Gasteiger partial charge in [0.05, 0.1) is 11.9 Å². The molecule has 0 radical (unpaired) electrons. The molecule has 0 saturated heterocycles. The van der Waals surface area contributed by atoms with Crippen LogP contribution in [-0.2, 0) is 6.42 Å². The maximum Gasteiger partial charge on any atom is 0.0651 e. The van der Waals surface area contributed by atoms with E-state index in [1.54, 1.807) is 0 Å². The topological polar surface area (TPSA) is 29.9 Å². The van der Waals surface area contributed by atoms with Gasteiger partial charge in [-0.25, -0.2) is 4.68 Å². The third-order valence-corrected chi connectivity index (χ3v) is 4.13. The molecule has 106 valence electrons. The highest BCUT2D eigenvalue weighted by Crippen LogP contribution is 2.30. The average molecular weight is 269 g/mol. The van der Waals surface area contributed by atoms with Crippen molar-refractivity contribution in [3.05, 3.63) is 47.3 Å². The number of nitrogens with zero attached hydrogens (tertiary/aromatic N) is 2. The summed E-state index contributed by atoms with van der Waals surface area (Å²) in [6.45, 7) is 5.32. The third-order valence-electron chi connectivity index (χ3n) is 4.13. The third kappa shape index (κ3) is 2.50. The summed E-state index contributed by atoms with van der Waals surface area (Å²) in [4.78, 5) is 0. The van der Waals surface area contributed by atoms with E-state index in [1.807, 2.05) is 0 Å². The lowest BCUT2D eigenvalue weighted by Crippen LogP contribution is -2.20. The zero-order chi connectivity index (χ0) is 13.9. The predicted molar refractivity (Wildman–Crippen MR) is 82.3 cm³/mol. The number of benzene rings is 1. The number of aromatic nitrogens is 2. The van der Waals surface area contributed by atoms with Crippen molar-refractivity contribution in [3.63, 3.8) is 0 Å². The fourth-order valence-electron chi connectivity index (χ4n) is 3.16. The second-order valence-electron chi connectivity index (χ2n) is 5.65. The number of hydrogen-bond acceptors (Lipinski definition) is 2. The molecule has 0 fully saturated rings. The summed E-state index contributed by atoms with van der Waals surface area (Å²) in [5.74, 6) is 0. The maximum absolute atomic E-state index is 4.66. The van der Waals surface area contributed by atoms with Gasteiger partial charge in [0.15, 0.2) is 0 Å². The van der Waals surface area contributed by atoms with Crippen molar-refractivity contribution in [2.75, 3.05) is 6.54 Å². The summed E-state index contributed by atoms with van der Waals surface area (Å²) in [5, 5.41) is 8.26. The van der Waals surface area contributed by atoms with Gasteiger partial charge >= 0.3 is 0 Å². The lowest BCUT2D eigenvalue weighted by atomic mass is 10.1. The summed E-state index contributed by atoms with van der Waals surface area (Å²) in [6, 6.07) is 9.06. The first-order chi connectivity index (χ1) is 9.79. The first-order valence-corrected chi connectivity index (χ1v) is 7.67. The largest absolute Gasteiger partial charge is 0.310 e. The quantitative estimate of drug-likeness (QED) is 0.863. The van der Waals surface area contributed by atoms with Crippen molar-refractivity contribution < 1.29 is 0 Å². The van der Waals surface area contributed by atoms with Gasteiger partial charge in [-0.3, -0.25) is 0 Å². The van der Waals surface area contributed by atoms with Gasteiger partial charge in [0.1, 0.15) is 0 Å². The Morgan fingerprint density at radius 1 is 1.35 bits per heavy atom. The first kappa shape index (κ1) is 13.4. The van der Waals surface area contributed by atoms with Crippen LogP contribution in [0, 0.1) is 6.92 Å². The van der Waals surface area contributed by atoms with Gasteiger partial charge < -0.3 is 5.32 Å². The molecule has 1 atom stereocenters. The lowest BCUT2D eigenvalue weighted by molar-refractivity contribution is 0.503. The summed E-state index contributed by atoms with van der Waals surface area (Å²) in [5.41, 5.74) is 5.25. The molecule has 1 unspecified atom stereocenters. The van der Waals surface area contributed by atoms with Crippen LogP contribution in [-0.4, -0.2) is 16.3 Å². The van der Waals surface area contributed by atoms with Gasteiger partial charge in [0, 0.05) is 17.3 Å². The SMILES string of the molecule is CCNC1CCCCc2c1cnn2-c1cccc(C)c1. The number of fused-ring (bicyclic) bond motifs is 1. The molecule has 0 aliphatic heterocycles. The number of hydrogen-bond donors (Lipinski definition) is 1. The number of nitrogens with one attached hydrogen (secondary N) is 1. The normalized spacial score (nSPS) is 18.6. The molecule has 1 aliphatic carbocycles. The minimum Gasteiger partial charge on any atom is -0.310 e. The van der Waals surface area contributed by atoms with Crippen molar-refractivity contribution in [3.8, 4) is 5.69 Å². The summed E-state index contributed by atoms with van der Waals surface area (Å²) < 4.78 is 2.14. The Labute approximate surface area is 121 Å². The van der Waals surface area contributed by atoms with Crippen molar-refractivity contribution in [1.29, 1.82) is 0 Å². The molecule has 3 rings (SSSR count). The molecule has 0 bridgehead atoms. The van der Waals surface area contributed by atoms with Crippen LogP contribution in [0.25, 0.3) is 5.69 Å². The van der Waals surface area contributed by atoms with E-state index >= 15 is 0 Å². The van der Waals surface area contributed by atoms with E-state index in [-0.39, 0.29) is 0 Å². The highest BCUT2D eigenvalue weighted by atomic mass is 15.3. The van der Waals surface area contributed by atoms with Crippen LogP contribution < -0.4 is 5.32 Å². The Hall–Kier alpha value is -1.61. The van der Waals surface area contributed by atoms with Crippen molar-refractivity contribution in [2.45, 2.75) is 45.6 Å². The van der Waals surface area contributed by atoms with Gasteiger partial charge in [0.25, 0.3) is 0 Å². The molecule has 1 aromatic carbocycles. The van der Waals surface area contributed by atoms with Crippen LogP contribution in [0.15, 0.2) is 30.5 Å². The van der Waals surface area contributed by atoms with E-state index in [0.29, 0.717) is 6.04 Å². The predicted octanol–water partition coefficient (Wildman–Crippen LogP) is 3.56. The molecule has 1 aromatic heterocycles. The van der Waals surface area contributed by atoms with E-state index in [0.717, 1.165) is 13.0 Å². The molecule has 0 spiro atoms. The van der Waals surface area contributed by atoms with Gasteiger partial charge in [0.2, 0.25) is 0 Å². The monoisotopic (exact) mass is 269 g/mol. The number of aryl methyl sites for hydroxylation is 1. The standard InChI is InChI=1S/C17H23N3/c1-3-18-16-9-4-5-10-17-15(16)12-19-20(17)14-8-6-7-13(2)11-14/h6-8,11-12,16,18H,3-5,9-10H2,1-2H3. The Balaban J connectivity index is 2.02. The van der Waals surface area contributed by atoms with E-state index in [2.05, 4.69) is 59.4 Å². The molecule has 2 aromatic rings. The zero-order valence-electron chi connectivity index (χ0n) is 12.4. The molecule has 0 amide bonds. The Morgan fingerprint density at radius 2 is 2.25 bits per heavy atom. The van der Waals surface area contributed by atoms with Crippen molar-refractivity contribution >= 4 is 0 Å². The highest BCUT2D eigenvalue weighted by molar-refractivity contribution is 5.39. The Morgan fingerprint density at radius 3 is 3.05 bits per heavy atom. The van der Waals surface area contributed by atoms with E-state index in [1.165, 1.54) is 41.8 Å².